The zero-order valence-corrected chi connectivity index (χ0v) is 19.7. The summed E-state index contributed by atoms with van der Waals surface area (Å²) in [6, 6.07) is 19.9. The average Bonchev–Trinajstić information content (AvgIpc) is 3.00. The van der Waals surface area contributed by atoms with Crippen LogP contribution in [0.4, 0.5) is 11.4 Å². The Kier molecular flexibility index (Phi) is 6.25. The van der Waals surface area contributed by atoms with E-state index in [9.17, 15) is 9.59 Å². The summed E-state index contributed by atoms with van der Waals surface area (Å²) >= 11 is 6.10. The van der Waals surface area contributed by atoms with Crippen molar-refractivity contribution in [3.8, 4) is 5.75 Å². The number of hydrogen-bond donors (Lipinski definition) is 1. The van der Waals surface area contributed by atoms with E-state index in [1.807, 2.05) is 52.0 Å². The third-order valence-electron chi connectivity index (χ3n) is 5.31. The van der Waals surface area contributed by atoms with Crippen molar-refractivity contribution in [1.82, 2.24) is 0 Å². The van der Waals surface area contributed by atoms with Crippen LogP contribution in [0.1, 0.15) is 30.5 Å². The Hall–Kier alpha value is -3.57. The molecule has 0 fully saturated rings. The van der Waals surface area contributed by atoms with E-state index in [4.69, 9.17) is 16.3 Å². The first-order valence-electron chi connectivity index (χ1n) is 10.7. The summed E-state index contributed by atoms with van der Waals surface area (Å²) in [5.41, 5.74) is 4.24. The van der Waals surface area contributed by atoms with Crippen molar-refractivity contribution in [2.75, 3.05) is 10.2 Å². The van der Waals surface area contributed by atoms with E-state index in [-0.39, 0.29) is 17.7 Å². The monoisotopic (exact) mass is 460 g/mol. The molecule has 1 N–H and O–H groups in total. The zero-order chi connectivity index (χ0) is 23.7. The van der Waals surface area contributed by atoms with Gasteiger partial charge in [-0.05, 0) is 86.8 Å². The largest absolute Gasteiger partial charge is 0.491 e. The van der Waals surface area contributed by atoms with Gasteiger partial charge in [0.2, 0.25) is 0 Å². The molecule has 1 heterocycles. The van der Waals surface area contributed by atoms with Crippen LogP contribution in [0.2, 0.25) is 5.02 Å². The van der Waals surface area contributed by atoms with Gasteiger partial charge < -0.3 is 10.1 Å². The van der Waals surface area contributed by atoms with Crippen LogP contribution in [-0.2, 0) is 9.59 Å². The van der Waals surface area contributed by atoms with E-state index in [2.05, 4.69) is 5.32 Å². The minimum Gasteiger partial charge on any atom is -0.491 e. The Morgan fingerprint density at radius 1 is 0.909 bits per heavy atom. The number of aryl methyl sites for hydroxylation is 2. The summed E-state index contributed by atoms with van der Waals surface area (Å²) in [5.74, 6) is -0.0839. The van der Waals surface area contributed by atoms with Gasteiger partial charge in [0, 0.05) is 10.7 Å². The summed E-state index contributed by atoms with van der Waals surface area (Å²) in [6.45, 7) is 7.72. The van der Waals surface area contributed by atoms with Crippen molar-refractivity contribution in [2.24, 2.45) is 0 Å². The van der Waals surface area contributed by atoms with E-state index < -0.39 is 5.91 Å². The number of ether oxygens (including phenoxy) is 1. The Morgan fingerprint density at radius 2 is 1.64 bits per heavy atom. The normalized spacial score (nSPS) is 13.8. The van der Waals surface area contributed by atoms with Gasteiger partial charge in [0.1, 0.15) is 11.4 Å². The lowest BCUT2D eigenvalue weighted by atomic mass is 10.0. The number of rotatable bonds is 6. The van der Waals surface area contributed by atoms with Gasteiger partial charge in [-0.3, -0.25) is 9.59 Å². The molecule has 0 bridgehead atoms. The fraction of sp³-hybridized carbons (Fsp3) is 0.185. The molecule has 168 valence electrons. The van der Waals surface area contributed by atoms with Gasteiger partial charge in [-0.1, -0.05) is 35.9 Å². The first kappa shape index (κ1) is 22.6. The van der Waals surface area contributed by atoms with Crippen LogP contribution in [0.15, 0.2) is 72.4 Å². The SMILES string of the molecule is Cc1cccc(N2C(=O)C(Nc3ccc(Cl)cc3C)=C(c3ccc(OC(C)C)cc3)C2=O)c1. The Bertz CT molecular complexity index is 1260. The lowest BCUT2D eigenvalue weighted by Gasteiger charge is -2.16. The Balaban J connectivity index is 1.80. The molecule has 0 spiro atoms. The topological polar surface area (TPSA) is 58.6 Å². The van der Waals surface area contributed by atoms with Gasteiger partial charge in [0.25, 0.3) is 11.8 Å². The van der Waals surface area contributed by atoms with Gasteiger partial charge in [-0.2, -0.15) is 0 Å². The highest BCUT2D eigenvalue weighted by molar-refractivity contribution is 6.46. The molecule has 0 unspecified atom stereocenters. The lowest BCUT2D eigenvalue weighted by Crippen LogP contribution is -2.32. The molecule has 0 aromatic heterocycles. The highest BCUT2D eigenvalue weighted by Crippen LogP contribution is 2.35. The quantitative estimate of drug-likeness (QED) is 0.449. The molecule has 0 saturated carbocycles. The third kappa shape index (κ3) is 4.64. The van der Waals surface area contributed by atoms with Crippen LogP contribution in [0, 0.1) is 13.8 Å². The van der Waals surface area contributed by atoms with Gasteiger partial charge in [-0.15, -0.1) is 0 Å². The maximum absolute atomic E-state index is 13.6. The zero-order valence-electron chi connectivity index (χ0n) is 19.0. The van der Waals surface area contributed by atoms with E-state index in [0.717, 1.165) is 11.1 Å². The van der Waals surface area contributed by atoms with Gasteiger partial charge in [0.05, 0.1) is 17.4 Å². The Labute approximate surface area is 198 Å². The summed E-state index contributed by atoms with van der Waals surface area (Å²) in [5, 5.41) is 3.80. The molecular formula is C27H25ClN2O3. The second-order valence-electron chi connectivity index (χ2n) is 8.31. The second kappa shape index (κ2) is 9.12. The van der Waals surface area contributed by atoms with Crippen LogP contribution in [-0.4, -0.2) is 17.9 Å². The van der Waals surface area contributed by atoms with Crippen LogP contribution in [0.3, 0.4) is 0 Å². The van der Waals surface area contributed by atoms with Crippen LogP contribution < -0.4 is 15.0 Å². The van der Waals surface area contributed by atoms with E-state index in [0.29, 0.717) is 33.3 Å². The van der Waals surface area contributed by atoms with Crippen LogP contribution >= 0.6 is 11.6 Å². The highest BCUT2D eigenvalue weighted by atomic mass is 35.5. The van der Waals surface area contributed by atoms with Crippen LogP contribution in [0.25, 0.3) is 5.57 Å². The molecule has 0 atom stereocenters. The first-order valence-corrected chi connectivity index (χ1v) is 11.1. The minimum atomic E-state index is -0.405. The molecule has 0 radical (unpaired) electrons. The van der Waals surface area contributed by atoms with Crippen LogP contribution in [0.5, 0.6) is 5.75 Å². The number of imide groups is 1. The molecule has 3 aromatic carbocycles. The van der Waals surface area contributed by atoms with E-state index in [1.165, 1.54) is 4.90 Å². The number of anilines is 2. The summed E-state index contributed by atoms with van der Waals surface area (Å²) in [6.07, 6.45) is 0.0340. The number of carbonyl (C=O) groups excluding carboxylic acids is 2. The molecule has 4 rings (SSSR count). The van der Waals surface area contributed by atoms with Crippen molar-refractivity contribution >= 4 is 40.4 Å². The molecule has 33 heavy (non-hydrogen) atoms. The number of halogens is 1. The molecule has 0 aliphatic carbocycles. The molecule has 3 aromatic rings. The lowest BCUT2D eigenvalue weighted by molar-refractivity contribution is -0.120. The fourth-order valence-electron chi connectivity index (χ4n) is 3.79. The molecule has 2 amide bonds. The standard InChI is InChI=1S/C27H25ClN2O3/c1-16(2)33-22-11-8-19(9-12-22)24-25(29-23-13-10-20(28)15-18(23)4)27(32)30(26(24)31)21-7-5-6-17(3)14-21/h5-16,29H,1-4H3. The number of hydrogen-bond acceptors (Lipinski definition) is 4. The van der Waals surface area contributed by atoms with E-state index >= 15 is 0 Å². The van der Waals surface area contributed by atoms with Crippen molar-refractivity contribution in [3.63, 3.8) is 0 Å². The summed E-state index contributed by atoms with van der Waals surface area (Å²) in [4.78, 5) is 28.3. The molecule has 1 aliphatic rings. The molecule has 6 heteroatoms. The van der Waals surface area contributed by atoms with E-state index in [1.54, 1.807) is 42.5 Å². The summed E-state index contributed by atoms with van der Waals surface area (Å²) < 4.78 is 5.73. The Morgan fingerprint density at radius 3 is 2.27 bits per heavy atom. The highest BCUT2D eigenvalue weighted by Gasteiger charge is 2.40. The predicted molar refractivity (Wildman–Crippen MR) is 133 cm³/mol. The average molecular weight is 461 g/mol. The maximum atomic E-state index is 13.6. The number of benzene rings is 3. The molecular weight excluding hydrogens is 436 g/mol. The minimum absolute atomic E-state index is 0.0340. The molecule has 5 nitrogen and oxygen atoms in total. The molecule has 1 aliphatic heterocycles. The van der Waals surface area contributed by atoms with Crippen molar-refractivity contribution < 1.29 is 14.3 Å². The number of nitrogens with zero attached hydrogens (tertiary/aromatic N) is 1. The fourth-order valence-corrected chi connectivity index (χ4v) is 4.02. The number of nitrogens with one attached hydrogen (secondary N) is 1. The van der Waals surface area contributed by atoms with Gasteiger partial charge in [-0.25, -0.2) is 4.90 Å². The second-order valence-corrected chi connectivity index (χ2v) is 8.75. The van der Waals surface area contributed by atoms with Crippen molar-refractivity contribution in [1.29, 1.82) is 0 Å². The van der Waals surface area contributed by atoms with Crippen molar-refractivity contribution in [3.05, 3.63) is 94.1 Å². The third-order valence-corrected chi connectivity index (χ3v) is 5.54. The number of amides is 2. The number of carbonyl (C=O) groups is 2. The van der Waals surface area contributed by atoms with Crippen molar-refractivity contribution in [2.45, 2.75) is 33.8 Å². The van der Waals surface area contributed by atoms with Gasteiger partial charge >= 0.3 is 0 Å². The molecule has 0 saturated heterocycles. The summed E-state index contributed by atoms with van der Waals surface area (Å²) in [7, 11) is 0. The maximum Gasteiger partial charge on any atom is 0.282 e. The van der Waals surface area contributed by atoms with Gasteiger partial charge in [0.15, 0.2) is 0 Å². The first-order chi connectivity index (χ1) is 15.7. The smallest absolute Gasteiger partial charge is 0.282 e. The predicted octanol–water partition coefficient (Wildman–Crippen LogP) is 6.14.